The topological polar surface area (TPSA) is 60.4 Å². The first-order valence-corrected chi connectivity index (χ1v) is 8.79. The van der Waals surface area contributed by atoms with Gasteiger partial charge in [0.1, 0.15) is 0 Å². The van der Waals surface area contributed by atoms with Gasteiger partial charge in [0, 0.05) is 16.7 Å². The lowest BCUT2D eigenvalue weighted by molar-refractivity contribution is -0.148. The zero-order chi connectivity index (χ0) is 17.5. The second-order valence-electron chi connectivity index (χ2n) is 5.61. The van der Waals surface area contributed by atoms with E-state index in [1.54, 1.807) is 36.4 Å². The van der Waals surface area contributed by atoms with Gasteiger partial charge in [0.25, 0.3) is 0 Å². The summed E-state index contributed by atoms with van der Waals surface area (Å²) < 4.78 is 31.6. The third-order valence-electron chi connectivity index (χ3n) is 4.04. The van der Waals surface area contributed by atoms with Crippen molar-refractivity contribution < 1.29 is 17.9 Å². The molecule has 0 aromatic heterocycles. The quantitative estimate of drug-likeness (QED) is 0.488. The van der Waals surface area contributed by atoms with Gasteiger partial charge in [-0.1, -0.05) is 49.6 Å². The first-order chi connectivity index (χ1) is 11.3. The summed E-state index contributed by atoms with van der Waals surface area (Å²) in [4.78, 5) is 12.5. The highest BCUT2D eigenvalue weighted by Gasteiger charge is 2.47. The summed E-state index contributed by atoms with van der Waals surface area (Å²) >= 11 is 0. The number of rotatable bonds is 3. The lowest BCUT2D eigenvalue weighted by Gasteiger charge is -2.37. The van der Waals surface area contributed by atoms with Crippen molar-refractivity contribution >= 4 is 15.8 Å². The molecule has 0 aliphatic carbocycles. The standard InChI is InChI=1S/C19H16O4S/c1-4-19(23-18(20)13(2)3)14-9-5-7-11-16(14)24(21,22)17-12-8-6-10-15(17)19/h4-12H,1-2H2,3H3. The van der Waals surface area contributed by atoms with Crippen molar-refractivity contribution in [3.05, 3.63) is 84.5 Å². The van der Waals surface area contributed by atoms with Crippen LogP contribution < -0.4 is 0 Å². The Balaban J connectivity index is 2.41. The molecule has 2 aromatic rings. The van der Waals surface area contributed by atoms with Crippen LogP contribution in [0.15, 0.2) is 83.1 Å². The lowest BCUT2D eigenvalue weighted by atomic mass is 9.85. The van der Waals surface area contributed by atoms with Crippen molar-refractivity contribution in [2.75, 3.05) is 0 Å². The molecular formula is C19H16O4S. The first kappa shape index (κ1) is 16.2. The van der Waals surface area contributed by atoms with E-state index in [4.69, 9.17) is 4.74 Å². The molecule has 0 spiro atoms. The molecule has 3 rings (SSSR count). The number of hydrogen-bond donors (Lipinski definition) is 0. The number of carbonyl (C=O) groups is 1. The number of esters is 1. The van der Waals surface area contributed by atoms with Crippen LogP contribution in [0.4, 0.5) is 0 Å². The molecule has 5 heteroatoms. The predicted molar refractivity (Wildman–Crippen MR) is 90.2 cm³/mol. The van der Waals surface area contributed by atoms with Crippen LogP contribution in [0.3, 0.4) is 0 Å². The van der Waals surface area contributed by atoms with Crippen molar-refractivity contribution in [2.24, 2.45) is 0 Å². The molecule has 0 saturated heterocycles. The molecule has 0 radical (unpaired) electrons. The highest BCUT2D eigenvalue weighted by atomic mass is 32.2. The van der Waals surface area contributed by atoms with E-state index in [0.29, 0.717) is 11.1 Å². The Morgan fingerprint density at radius 2 is 1.50 bits per heavy atom. The van der Waals surface area contributed by atoms with Gasteiger partial charge in [0.05, 0.1) is 9.79 Å². The van der Waals surface area contributed by atoms with Crippen molar-refractivity contribution in [1.29, 1.82) is 0 Å². The second kappa shape index (κ2) is 5.46. The van der Waals surface area contributed by atoms with E-state index >= 15 is 0 Å². The minimum atomic E-state index is -3.70. The molecule has 0 fully saturated rings. The zero-order valence-electron chi connectivity index (χ0n) is 13.2. The maximum Gasteiger partial charge on any atom is 0.334 e. The van der Waals surface area contributed by atoms with Gasteiger partial charge in [0.15, 0.2) is 5.60 Å². The van der Waals surface area contributed by atoms with E-state index in [1.165, 1.54) is 25.1 Å². The van der Waals surface area contributed by atoms with Crippen molar-refractivity contribution in [2.45, 2.75) is 22.3 Å². The number of fused-ring (bicyclic) bond motifs is 2. The van der Waals surface area contributed by atoms with Gasteiger partial charge in [-0.15, -0.1) is 0 Å². The molecule has 1 aliphatic heterocycles. The van der Waals surface area contributed by atoms with E-state index in [1.807, 2.05) is 0 Å². The molecule has 0 amide bonds. The van der Waals surface area contributed by atoms with Crippen molar-refractivity contribution in [1.82, 2.24) is 0 Å². The minimum Gasteiger partial charge on any atom is -0.441 e. The van der Waals surface area contributed by atoms with Gasteiger partial charge in [-0.2, -0.15) is 0 Å². The van der Waals surface area contributed by atoms with Crippen LogP contribution in [0.1, 0.15) is 18.1 Å². The molecule has 1 aliphatic rings. The van der Waals surface area contributed by atoms with Crippen LogP contribution >= 0.6 is 0 Å². The summed E-state index contributed by atoms with van der Waals surface area (Å²) in [5.41, 5.74) is -0.421. The molecular weight excluding hydrogens is 324 g/mol. The Hall–Kier alpha value is -2.66. The van der Waals surface area contributed by atoms with Gasteiger partial charge in [-0.05, 0) is 25.1 Å². The third-order valence-corrected chi connectivity index (χ3v) is 5.91. The van der Waals surface area contributed by atoms with Crippen LogP contribution in [0.25, 0.3) is 0 Å². The van der Waals surface area contributed by atoms with E-state index in [-0.39, 0.29) is 15.4 Å². The highest BCUT2D eigenvalue weighted by Crippen LogP contribution is 2.47. The number of benzene rings is 2. The summed E-state index contributed by atoms with van der Waals surface area (Å²) in [7, 11) is -3.70. The Bertz CT molecular complexity index is 917. The van der Waals surface area contributed by atoms with Crippen molar-refractivity contribution in [3.8, 4) is 0 Å². The summed E-state index contributed by atoms with van der Waals surface area (Å²) in [5, 5.41) is 0. The third kappa shape index (κ3) is 2.12. The molecule has 0 atom stereocenters. The molecule has 24 heavy (non-hydrogen) atoms. The SMILES string of the molecule is C=CC1(OC(=O)C(=C)C)c2ccccc2S(=O)(=O)c2ccccc21. The molecule has 0 saturated carbocycles. The predicted octanol–water partition coefficient (Wildman–Crippen LogP) is 3.38. The van der Waals surface area contributed by atoms with Gasteiger partial charge in [-0.25, -0.2) is 13.2 Å². The van der Waals surface area contributed by atoms with Crippen LogP contribution in [-0.2, 0) is 25.0 Å². The fourth-order valence-electron chi connectivity index (χ4n) is 2.88. The largest absolute Gasteiger partial charge is 0.441 e. The van der Waals surface area contributed by atoms with E-state index in [0.717, 1.165) is 0 Å². The fraction of sp³-hybridized carbons (Fsp3) is 0.105. The van der Waals surface area contributed by atoms with Gasteiger partial charge < -0.3 is 4.74 Å². The summed E-state index contributed by atoms with van der Waals surface area (Å²) in [6.07, 6.45) is 1.46. The summed E-state index contributed by atoms with van der Waals surface area (Å²) in [6, 6.07) is 13.0. The molecule has 122 valence electrons. The smallest absolute Gasteiger partial charge is 0.334 e. The van der Waals surface area contributed by atoms with Gasteiger partial charge in [0.2, 0.25) is 9.84 Å². The number of ether oxygens (including phenoxy) is 1. The second-order valence-corrected chi connectivity index (χ2v) is 7.49. The molecule has 0 unspecified atom stereocenters. The van der Waals surface area contributed by atoms with E-state index in [2.05, 4.69) is 13.2 Å². The Labute approximate surface area is 141 Å². The first-order valence-electron chi connectivity index (χ1n) is 7.31. The number of sulfone groups is 1. The average Bonchev–Trinajstić information content (AvgIpc) is 2.59. The molecule has 1 heterocycles. The number of hydrogen-bond acceptors (Lipinski definition) is 4. The van der Waals surface area contributed by atoms with Gasteiger partial charge >= 0.3 is 5.97 Å². The number of carbonyl (C=O) groups excluding carboxylic acids is 1. The average molecular weight is 340 g/mol. The van der Waals surface area contributed by atoms with E-state index < -0.39 is 21.4 Å². The normalized spacial score (nSPS) is 16.4. The monoisotopic (exact) mass is 340 g/mol. The van der Waals surface area contributed by atoms with E-state index in [9.17, 15) is 13.2 Å². The Morgan fingerprint density at radius 3 is 1.92 bits per heavy atom. The van der Waals surface area contributed by atoms with Crippen LogP contribution in [0, 0.1) is 0 Å². The Morgan fingerprint density at radius 1 is 1.04 bits per heavy atom. The lowest BCUT2D eigenvalue weighted by Crippen LogP contribution is -2.38. The Kier molecular flexibility index (Phi) is 3.68. The summed E-state index contributed by atoms with van der Waals surface area (Å²) in [5.74, 6) is -0.612. The highest BCUT2D eigenvalue weighted by molar-refractivity contribution is 7.91. The fourth-order valence-corrected chi connectivity index (χ4v) is 4.65. The van der Waals surface area contributed by atoms with Crippen molar-refractivity contribution in [3.63, 3.8) is 0 Å². The zero-order valence-corrected chi connectivity index (χ0v) is 14.0. The summed E-state index contributed by atoms with van der Waals surface area (Å²) in [6.45, 7) is 8.95. The van der Waals surface area contributed by atoms with Crippen LogP contribution in [0.2, 0.25) is 0 Å². The van der Waals surface area contributed by atoms with Crippen LogP contribution in [-0.4, -0.2) is 14.4 Å². The maximum absolute atomic E-state index is 12.9. The van der Waals surface area contributed by atoms with Crippen LogP contribution in [0.5, 0.6) is 0 Å². The maximum atomic E-state index is 12.9. The molecule has 0 bridgehead atoms. The molecule has 0 N–H and O–H groups in total. The minimum absolute atomic E-state index is 0.109. The molecule has 2 aromatic carbocycles. The molecule has 4 nitrogen and oxygen atoms in total. The van der Waals surface area contributed by atoms with Gasteiger partial charge in [-0.3, -0.25) is 0 Å².